The van der Waals surface area contributed by atoms with Crippen molar-refractivity contribution in [1.82, 2.24) is 15.1 Å². The second-order valence-corrected chi connectivity index (χ2v) is 6.37. The molecule has 1 aromatic heterocycles. The molecular formula is C16H20N4O3S. The second kappa shape index (κ2) is 8.07. The van der Waals surface area contributed by atoms with E-state index in [1.54, 1.807) is 17.5 Å². The van der Waals surface area contributed by atoms with Crippen LogP contribution in [-0.2, 0) is 11.3 Å². The molecular weight excluding hydrogens is 328 g/mol. The van der Waals surface area contributed by atoms with Crippen LogP contribution in [0.4, 0.5) is 9.93 Å². The fourth-order valence-corrected chi connectivity index (χ4v) is 3.08. The van der Waals surface area contributed by atoms with Crippen LogP contribution >= 0.6 is 11.3 Å². The average Bonchev–Trinajstić information content (AvgIpc) is 3.28. The SMILES string of the molecule is COc1cccc(CN(CC2CCCO2)C(=O)Nc2nncs2)c1. The summed E-state index contributed by atoms with van der Waals surface area (Å²) in [4.78, 5) is 14.4. The monoisotopic (exact) mass is 348 g/mol. The molecule has 3 rings (SSSR count). The zero-order chi connectivity index (χ0) is 16.8. The molecule has 1 aromatic carbocycles. The molecule has 1 unspecified atom stereocenters. The van der Waals surface area contributed by atoms with Crippen molar-refractivity contribution in [3.8, 4) is 5.75 Å². The zero-order valence-corrected chi connectivity index (χ0v) is 14.3. The molecule has 7 nitrogen and oxygen atoms in total. The van der Waals surface area contributed by atoms with E-state index in [1.165, 1.54) is 11.3 Å². The first kappa shape index (κ1) is 16.7. The summed E-state index contributed by atoms with van der Waals surface area (Å²) in [6.45, 7) is 1.78. The molecule has 1 atom stereocenters. The van der Waals surface area contributed by atoms with Crippen molar-refractivity contribution in [2.24, 2.45) is 0 Å². The number of nitrogens with zero attached hydrogens (tertiary/aromatic N) is 3. The molecule has 2 amide bonds. The number of rotatable bonds is 6. The molecule has 24 heavy (non-hydrogen) atoms. The van der Waals surface area contributed by atoms with Gasteiger partial charge in [0.15, 0.2) is 0 Å². The van der Waals surface area contributed by atoms with E-state index in [0.29, 0.717) is 18.2 Å². The Morgan fingerprint density at radius 2 is 2.46 bits per heavy atom. The lowest BCUT2D eigenvalue weighted by Gasteiger charge is -2.25. The van der Waals surface area contributed by atoms with Gasteiger partial charge in [0.1, 0.15) is 11.3 Å². The van der Waals surface area contributed by atoms with E-state index in [-0.39, 0.29) is 12.1 Å². The molecule has 0 aliphatic carbocycles. The quantitative estimate of drug-likeness (QED) is 0.869. The van der Waals surface area contributed by atoms with Crippen LogP contribution in [-0.4, -0.2) is 47.5 Å². The summed E-state index contributed by atoms with van der Waals surface area (Å²) < 4.78 is 10.9. The van der Waals surface area contributed by atoms with Gasteiger partial charge in [-0.1, -0.05) is 23.5 Å². The second-order valence-electron chi connectivity index (χ2n) is 5.54. The summed E-state index contributed by atoms with van der Waals surface area (Å²) in [7, 11) is 1.63. The molecule has 0 spiro atoms. The third kappa shape index (κ3) is 4.42. The molecule has 8 heteroatoms. The van der Waals surface area contributed by atoms with Gasteiger partial charge in [-0.15, -0.1) is 10.2 Å². The first-order chi connectivity index (χ1) is 11.7. The van der Waals surface area contributed by atoms with Crippen molar-refractivity contribution in [2.45, 2.75) is 25.5 Å². The number of hydrogen-bond acceptors (Lipinski definition) is 6. The molecule has 1 aliphatic heterocycles. The third-order valence-electron chi connectivity index (χ3n) is 3.82. The maximum absolute atomic E-state index is 12.6. The zero-order valence-electron chi connectivity index (χ0n) is 13.5. The van der Waals surface area contributed by atoms with Gasteiger partial charge < -0.3 is 14.4 Å². The maximum Gasteiger partial charge on any atom is 0.324 e. The van der Waals surface area contributed by atoms with E-state index in [4.69, 9.17) is 9.47 Å². The maximum atomic E-state index is 12.6. The Kier molecular flexibility index (Phi) is 5.60. The minimum atomic E-state index is -0.204. The van der Waals surface area contributed by atoms with Crippen molar-refractivity contribution >= 4 is 22.5 Å². The van der Waals surface area contributed by atoms with Crippen LogP contribution in [0.15, 0.2) is 29.8 Å². The minimum Gasteiger partial charge on any atom is -0.497 e. The van der Waals surface area contributed by atoms with Gasteiger partial charge >= 0.3 is 6.03 Å². The highest BCUT2D eigenvalue weighted by Gasteiger charge is 2.23. The van der Waals surface area contributed by atoms with Crippen LogP contribution < -0.4 is 10.1 Å². The molecule has 128 valence electrons. The van der Waals surface area contributed by atoms with Crippen molar-refractivity contribution in [1.29, 1.82) is 0 Å². The largest absolute Gasteiger partial charge is 0.497 e. The molecule has 2 heterocycles. The summed E-state index contributed by atoms with van der Waals surface area (Å²) in [5.74, 6) is 0.772. The number of carbonyl (C=O) groups is 1. The summed E-state index contributed by atoms with van der Waals surface area (Å²) in [5.41, 5.74) is 2.59. The first-order valence-electron chi connectivity index (χ1n) is 7.81. The van der Waals surface area contributed by atoms with Gasteiger partial charge in [-0.2, -0.15) is 0 Å². The van der Waals surface area contributed by atoms with Gasteiger partial charge in [0.05, 0.1) is 13.2 Å². The van der Waals surface area contributed by atoms with Gasteiger partial charge in [-0.05, 0) is 30.5 Å². The number of carbonyl (C=O) groups excluding carboxylic acids is 1. The van der Waals surface area contributed by atoms with Crippen LogP contribution in [0.3, 0.4) is 0 Å². The Balaban J connectivity index is 1.71. The van der Waals surface area contributed by atoms with E-state index in [2.05, 4.69) is 15.5 Å². The van der Waals surface area contributed by atoms with E-state index in [1.807, 2.05) is 24.3 Å². The smallest absolute Gasteiger partial charge is 0.324 e. The van der Waals surface area contributed by atoms with Crippen LogP contribution in [0.25, 0.3) is 0 Å². The summed E-state index contributed by atoms with van der Waals surface area (Å²) >= 11 is 1.29. The fraction of sp³-hybridized carbons (Fsp3) is 0.438. The molecule has 2 aromatic rings. The molecule has 0 saturated carbocycles. The topological polar surface area (TPSA) is 76.6 Å². The highest BCUT2D eigenvalue weighted by Crippen LogP contribution is 2.19. The van der Waals surface area contributed by atoms with Gasteiger partial charge in [0, 0.05) is 19.7 Å². The Hall–Kier alpha value is -2.19. The number of benzene rings is 1. The van der Waals surface area contributed by atoms with Crippen LogP contribution in [0.2, 0.25) is 0 Å². The number of aromatic nitrogens is 2. The normalized spacial score (nSPS) is 16.8. The van der Waals surface area contributed by atoms with Crippen molar-refractivity contribution < 1.29 is 14.3 Å². The summed E-state index contributed by atoms with van der Waals surface area (Å²) in [6, 6.07) is 7.50. The standard InChI is InChI=1S/C16H20N4O3S/c1-22-13-5-2-4-12(8-13)9-20(10-14-6-3-7-23-14)16(21)18-15-19-17-11-24-15/h2,4-5,8,11,14H,3,6-7,9-10H2,1H3,(H,18,19,21). The Labute approximate surface area is 144 Å². The Morgan fingerprint density at radius 1 is 1.54 bits per heavy atom. The van der Waals surface area contributed by atoms with Crippen molar-refractivity contribution in [2.75, 3.05) is 25.6 Å². The molecule has 1 fully saturated rings. The number of anilines is 1. The first-order valence-corrected chi connectivity index (χ1v) is 8.69. The summed E-state index contributed by atoms with van der Waals surface area (Å²) in [6.07, 6.45) is 2.09. The van der Waals surface area contributed by atoms with Gasteiger partial charge in [-0.3, -0.25) is 5.32 Å². The molecule has 0 bridgehead atoms. The van der Waals surface area contributed by atoms with Crippen molar-refractivity contribution in [3.05, 3.63) is 35.3 Å². The predicted octanol–water partition coefficient (Wildman–Crippen LogP) is 2.76. The van der Waals surface area contributed by atoms with Gasteiger partial charge in [0.25, 0.3) is 0 Å². The van der Waals surface area contributed by atoms with Gasteiger partial charge in [-0.25, -0.2) is 4.79 Å². The highest BCUT2D eigenvalue weighted by molar-refractivity contribution is 7.13. The molecule has 1 N–H and O–H groups in total. The number of methoxy groups -OCH3 is 1. The van der Waals surface area contributed by atoms with E-state index < -0.39 is 0 Å². The van der Waals surface area contributed by atoms with Crippen LogP contribution in [0.1, 0.15) is 18.4 Å². The lowest BCUT2D eigenvalue weighted by Crippen LogP contribution is -2.39. The lowest BCUT2D eigenvalue weighted by molar-refractivity contribution is 0.0819. The van der Waals surface area contributed by atoms with E-state index in [0.717, 1.165) is 30.8 Å². The van der Waals surface area contributed by atoms with Crippen LogP contribution in [0, 0.1) is 0 Å². The Bertz CT molecular complexity index is 659. The highest BCUT2D eigenvalue weighted by atomic mass is 32.1. The number of amides is 2. The summed E-state index contributed by atoms with van der Waals surface area (Å²) in [5, 5.41) is 10.9. The van der Waals surface area contributed by atoms with E-state index >= 15 is 0 Å². The predicted molar refractivity (Wildman–Crippen MR) is 91.3 cm³/mol. The lowest BCUT2D eigenvalue weighted by atomic mass is 10.2. The van der Waals surface area contributed by atoms with E-state index in [9.17, 15) is 4.79 Å². The third-order valence-corrected chi connectivity index (χ3v) is 4.42. The number of hydrogen-bond donors (Lipinski definition) is 1. The number of nitrogens with one attached hydrogen (secondary N) is 1. The number of urea groups is 1. The average molecular weight is 348 g/mol. The number of ether oxygens (including phenoxy) is 2. The van der Waals surface area contributed by atoms with Gasteiger partial charge in [0.2, 0.25) is 5.13 Å². The molecule has 1 saturated heterocycles. The molecule has 0 radical (unpaired) electrons. The van der Waals surface area contributed by atoms with Crippen LogP contribution in [0.5, 0.6) is 5.75 Å². The molecule has 1 aliphatic rings. The Morgan fingerprint density at radius 3 is 3.17 bits per heavy atom. The van der Waals surface area contributed by atoms with Crippen molar-refractivity contribution in [3.63, 3.8) is 0 Å². The minimum absolute atomic E-state index is 0.0794. The fourth-order valence-electron chi connectivity index (χ4n) is 2.64.